The Bertz CT molecular complexity index is 708. The molecule has 0 amide bonds. The van der Waals surface area contributed by atoms with Gasteiger partial charge in [0.15, 0.2) is 0 Å². The normalized spacial score (nSPS) is 10.8. The molecule has 0 saturated carbocycles. The Labute approximate surface area is 115 Å². The molecular weight excluding hydrogens is 265 g/mol. The molecule has 0 aliphatic heterocycles. The highest BCUT2D eigenvalue weighted by atomic mass is 35.5. The van der Waals surface area contributed by atoms with Gasteiger partial charge in [-0.3, -0.25) is 0 Å². The fourth-order valence-corrected chi connectivity index (χ4v) is 2.40. The van der Waals surface area contributed by atoms with Crippen LogP contribution in [0.5, 0.6) is 0 Å². The SMILES string of the molecule is Clc1cc(-c2ccccc2)nc2c(Cl)cccc12. The van der Waals surface area contributed by atoms with Crippen LogP contribution in [0.3, 0.4) is 0 Å². The average Bonchev–Trinajstić information content (AvgIpc) is 2.41. The second-order valence-corrected chi connectivity index (χ2v) is 4.81. The van der Waals surface area contributed by atoms with Gasteiger partial charge in [0.25, 0.3) is 0 Å². The lowest BCUT2D eigenvalue weighted by molar-refractivity contribution is 1.40. The summed E-state index contributed by atoms with van der Waals surface area (Å²) in [4.78, 5) is 4.59. The molecule has 3 rings (SSSR count). The van der Waals surface area contributed by atoms with Crippen molar-refractivity contribution in [1.82, 2.24) is 4.98 Å². The van der Waals surface area contributed by atoms with Crippen LogP contribution in [0, 0.1) is 0 Å². The topological polar surface area (TPSA) is 12.9 Å². The first-order valence-corrected chi connectivity index (χ1v) is 6.31. The van der Waals surface area contributed by atoms with Crippen molar-refractivity contribution in [1.29, 1.82) is 0 Å². The summed E-state index contributed by atoms with van der Waals surface area (Å²) in [5.74, 6) is 0. The highest BCUT2D eigenvalue weighted by molar-refractivity contribution is 6.39. The van der Waals surface area contributed by atoms with Crippen molar-refractivity contribution >= 4 is 34.1 Å². The summed E-state index contributed by atoms with van der Waals surface area (Å²) < 4.78 is 0. The largest absolute Gasteiger partial charge is 0.246 e. The molecule has 0 unspecified atom stereocenters. The van der Waals surface area contributed by atoms with Gasteiger partial charge >= 0.3 is 0 Å². The van der Waals surface area contributed by atoms with E-state index in [0.717, 1.165) is 22.2 Å². The molecule has 0 spiro atoms. The maximum Gasteiger partial charge on any atom is 0.0910 e. The van der Waals surface area contributed by atoms with Crippen LogP contribution in [-0.2, 0) is 0 Å². The van der Waals surface area contributed by atoms with E-state index >= 15 is 0 Å². The van der Waals surface area contributed by atoms with Crippen molar-refractivity contribution in [2.75, 3.05) is 0 Å². The minimum absolute atomic E-state index is 0.618. The number of rotatable bonds is 1. The molecular formula is C15H9Cl2N. The number of pyridine rings is 1. The van der Waals surface area contributed by atoms with E-state index in [1.54, 1.807) is 0 Å². The molecule has 0 fully saturated rings. The van der Waals surface area contributed by atoms with Gasteiger partial charge in [0.2, 0.25) is 0 Å². The monoisotopic (exact) mass is 273 g/mol. The molecule has 0 N–H and O–H groups in total. The zero-order chi connectivity index (χ0) is 12.5. The van der Waals surface area contributed by atoms with E-state index < -0.39 is 0 Å². The van der Waals surface area contributed by atoms with Crippen molar-refractivity contribution in [2.24, 2.45) is 0 Å². The van der Waals surface area contributed by atoms with Crippen LogP contribution in [0.4, 0.5) is 0 Å². The second kappa shape index (κ2) is 4.60. The van der Waals surface area contributed by atoms with E-state index in [2.05, 4.69) is 4.98 Å². The van der Waals surface area contributed by atoms with Crippen LogP contribution in [-0.4, -0.2) is 4.98 Å². The lowest BCUT2D eigenvalue weighted by atomic mass is 10.1. The number of halogens is 2. The van der Waals surface area contributed by atoms with Crippen LogP contribution in [0.2, 0.25) is 10.0 Å². The number of fused-ring (bicyclic) bond motifs is 1. The van der Waals surface area contributed by atoms with Gasteiger partial charge in [-0.1, -0.05) is 65.7 Å². The number of nitrogens with zero attached hydrogens (tertiary/aromatic N) is 1. The maximum atomic E-state index is 6.29. The first-order valence-electron chi connectivity index (χ1n) is 5.56. The van der Waals surface area contributed by atoms with E-state index in [4.69, 9.17) is 23.2 Å². The minimum atomic E-state index is 0.618. The van der Waals surface area contributed by atoms with E-state index in [1.807, 2.05) is 54.6 Å². The van der Waals surface area contributed by atoms with Gasteiger partial charge in [-0.15, -0.1) is 0 Å². The van der Waals surface area contributed by atoms with Crippen LogP contribution >= 0.6 is 23.2 Å². The molecule has 0 radical (unpaired) electrons. The lowest BCUT2D eigenvalue weighted by Gasteiger charge is -2.06. The molecule has 3 aromatic rings. The smallest absolute Gasteiger partial charge is 0.0910 e. The highest BCUT2D eigenvalue weighted by Gasteiger charge is 2.08. The summed E-state index contributed by atoms with van der Waals surface area (Å²) in [7, 11) is 0. The predicted molar refractivity (Wildman–Crippen MR) is 77.2 cm³/mol. The van der Waals surface area contributed by atoms with E-state index in [0.29, 0.717) is 10.0 Å². The molecule has 0 atom stereocenters. The zero-order valence-corrected chi connectivity index (χ0v) is 10.9. The molecule has 18 heavy (non-hydrogen) atoms. The Morgan fingerprint density at radius 2 is 1.56 bits per heavy atom. The molecule has 1 nitrogen and oxygen atoms in total. The van der Waals surface area contributed by atoms with Crippen molar-refractivity contribution in [3.05, 3.63) is 64.6 Å². The molecule has 0 aliphatic carbocycles. The van der Waals surface area contributed by atoms with Gasteiger partial charge in [0.1, 0.15) is 0 Å². The molecule has 0 aliphatic rings. The predicted octanol–water partition coefficient (Wildman–Crippen LogP) is 5.21. The third kappa shape index (κ3) is 1.96. The van der Waals surface area contributed by atoms with Gasteiger partial charge in [-0.2, -0.15) is 0 Å². The Balaban J connectivity index is 2.31. The van der Waals surface area contributed by atoms with Gasteiger partial charge < -0.3 is 0 Å². The third-order valence-electron chi connectivity index (χ3n) is 2.81. The zero-order valence-electron chi connectivity index (χ0n) is 9.40. The summed E-state index contributed by atoms with van der Waals surface area (Å²) in [6.07, 6.45) is 0. The van der Waals surface area contributed by atoms with E-state index in [9.17, 15) is 0 Å². The highest BCUT2D eigenvalue weighted by Crippen LogP contribution is 2.31. The molecule has 0 saturated heterocycles. The Kier molecular flexibility index (Phi) is 2.94. The van der Waals surface area contributed by atoms with Crippen LogP contribution < -0.4 is 0 Å². The summed E-state index contributed by atoms with van der Waals surface area (Å²) >= 11 is 12.5. The number of hydrogen-bond acceptors (Lipinski definition) is 1. The first kappa shape index (κ1) is 11.5. The fourth-order valence-electron chi connectivity index (χ4n) is 1.93. The van der Waals surface area contributed by atoms with Gasteiger partial charge in [0.05, 0.1) is 21.3 Å². The third-order valence-corrected chi connectivity index (χ3v) is 3.43. The summed E-state index contributed by atoms with van der Waals surface area (Å²) in [6, 6.07) is 17.4. The maximum absolute atomic E-state index is 6.29. The van der Waals surface area contributed by atoms with Crippen molar-refractivity contribution in [3.8, 4) is 11.3 Å². The number of hydrogen-bond donors (Lipinski definition) is 0. The number of para-hydroxylation sites is 1. The Hall–Kier alpha value is -1.57. The quantitative estimate of drug-likeness (QED) is 0.593. The van der Waals surface area contributed by atoms with Gasteiger partial charge in [0, 0.05) is 10.9 Å². The summed E-state index contributed by atoms with van der Waals surface area (Å²) in [5.41, 5.74) is 2.60. The van der Waals surface area contributed by atoms with E-state index in [1.165, 1.54) is 0 Å². The Morgan fingerprint density at radius 1 is 0.778 bits per heavy atom. The van der Waals surface area contributed by atoms with Gasteiger partial charge in [-0.05, 0) is 12.1 Å². The Morgan fingerprint density at radius 3 is 2.33 bits per heavy atom. The standard InChI is InChI=1S/C15H9Cl2N/c16-12-8-4-7-11-13(17)9-14(18-15(11)12)10-5-2-1-3-6-10/h1-9H. The molecule has 0 bridgehead atoms. The summed E-state index contributed by atoms with van der Waals surface area (Å²) in [6.45, 7) is 0. The van der Waals surface area contributed by atoms with Crippen molar-refractivity contribution < 1.29 is 0 Å². The summed E-state index contributed by atoms with van der Waals surface area (Å²) in [5, 5.41) is 2.16. The van der Waals surface area contributed by atoms with E-state index in [-0.39, 0.29) is 0 Å². The minimum Gasteiger partial charge on any atom is -0.246 e. The average molecular weight is 274 g/mol. The van der Waals surface area contributed by atoms with Crippen molar-refractivity contribution in [2.45, 2.75) is 0 Å². The molecule has 1 aromatic heterocycles. The van der Waals surface area contributed by atoms with Crippen LogP contribution in [0.25, 0.3) is 22.2 Å². The second-order valence-electron chi connectivity index (χ2n) is 3.99. The van der Waals surface area contributed by atoms with Crippen molar-refractivity contribution in [3.63, 3.8) is 0 Å². The number of benzene rings is 2. The van der Waals surface area contributed by atoms with Gasteiger partial charge in [-0.25, -0.2) is 4.98 Å². The molecule has 3 heteroatoms. The molecule has 2 aromatic carbocycles. The van der Waals surface area contributed by atoms with Crippen LogP contribution in [0.1, 0.15) is 0 Å². The first-order chi connectivity index (χ1) is 8.75. The number of aromatic nitrogens is 1. The lowest BCUT2D eigenvalue weighted by Crippen LogP contribution is -1.87. The van der Waals surface area contributed by atoms with Crippen LogP contribution in [0.15, 0.2) is 54.6 Å². The molecule has 1 heterocycles. The molecule has 88 valence electrons. The fraction of sp³-hybridized carbons (Fsp3) is 0.